The standard InChI is InChI=1S/C13H19N3O/c1-14-13(16-11-7-8-11)15-9-10-17-12-5-3-2-4-6-12/h2-6,11H,7-10H2,1H3,(H2,14,15,16). The fourth-order valence-corrected chi connectivity index (χ4v) is 1.47. The molecule has 1 fully saturated rings. The molecule has 0 unspecified atom stereocenters. The number of rotatable bonds is 5. The van der Waals surface area contributed by atoms with Gasteiger partial charge in [-0.2, -0.15) is 0 Å². The maximum atomic E-state index is 5.58. The van der Waals surface area contributed by atoms with E-state index in [1.165, 1.54) is 12.8 Å². The van der Waals surface area contributed by atoms with Crippen molar-refractivity contribution in [2.75, 3.05) is 20.2 Å². The number of benzene rings is 1. The molecule has 0 aromatic heterocycles. The van der Waals surface area contributed by atoms with Crippen molar-refractivity contribution in [2.45, 2.75) is 18.9 Å². The molecular formula is C13H19N3O. The van der Waals surface area contributed by atoms with E-state index in [1.54, 1.807) is 7.05 Å². The van der Waals surface area contributed by atoms with Crippen molar-refractivity contribution >= 4 is 5.96 Å². The topological polar surface area (TPSA) is 45.7 Å². The number of nitrogens with one attached hydrogen (secondary N) is 2. The Hall–Kier alpha value is -1.71. The third kappa shape index (κ3) is 4.34. The molecule has 0 aliphatic heterocycles. The first-order valence-electron chi connectivity index (χ1n) is 6.03. The molecule has 1 aromatic carbocycles. The minimum Gasteiger partial charge on any atom is -0.492 e. The monoisotopic (exact) mass is 233 g/mol. The summed E-state index contributed by atoms with van der Waals surface area (Å²) >= 11 is 0. The number of para-hydroxylation sites is 1. The van der Waals surface area contributed by atoms with Crippen LogP contribution in [0.4, 0.5) is 0 Å². The van der Waals surface area contributed by atoms with Crippen LogP contribution in [0.5, 0.6) is 5.75 Å². The number of guanidine groups is 1. The summed E-state index contributed by atoms with van der Waals surface area (Å²) in [4.78, 5) is 4.15. The van der Waals surface area contributed by atoms with Crippen LogP contribution >= 0.6 is 0 Å². The van der Waals surface area contributed by atoms with Gasteiger partial charge in [-0.15, -0.1) is 0 Å². The Morgan fingerprint density at radius 3 is 2.76 bits per heavy atom. The average Bonchev–Trinajstić information content (AvgIpc) is 3.18. The highest BCUT2D eigenvalue weighted by Gasteiger charge is 2.21. The summed E-state index contributed by atoms with van der Waals surface area (Å²) in [6.07, 6.45) is 2.50. The third-order valence-corrected chi connectivity index (χ3v) is 2.55. The fraction of sp³-hybridized carbons (Fsp3) is 0.462. The first-order chi connectivity index (χ1) is 8.38. The molecule has 4 heteroatoms. The van der Waals surface area contributed by atoms with Gasteiger partial charge in [-0.05, 0) is 25.0 Å². The Morgan fingerprint density at radius 1 is 1.35 bits per heavy atom. The molecular weight excluding hydrogens is 214 g/mol. The highest BCUT2D eigenvalue weighted by atomic mass is 16.5. The Labute approximate surface area is 102 Å². The summed E-state index contributed by atoms with van der Waals surface area (Å²) in [6.45, 7) is 1.39. The van der Waals surface area contributed by atoms with Gasteiger partial charge in [0.2, 0.25) is 0 Å². The molecule has 1 saturated carbocycles. The molecule has 1 aliphatic carbocycles. The number of hydrogen-bond donors (Lipinski definition) is 2. The van der Waals surface area contributed by atoms with E-state index < -0.39 is 0 Å². The predicted molar refractivity (Wildman–Crippen MR) is 69.5 cm³/mol. The first-order valence-corrected chi connectivity index (χ1v) is 6.03. The Bertz CT molecular complexity index is 360. The highest BCUT2D eigenvalue weighted by Crippen LogP contribution is 2.18. The van der Waals surface area contributed by atoms with Crippen molar-refractivity contribution in [3.05, 3.63) is 30.3 Å². The van der Waals surface area contributed by atoms with Gasteiger partial charge in [-0.25, -0.2) is 0 Å². The third-order valence-electron chi connectivity index (χ3n) is 2.55. The van der Waals surface area contributed by atoms with Crippen LogP contribution in [-0.4, -0.2) is 32.2 Å². The highest BCUT2D eigenvalue weighted by molar-refractivity contribution is 5.80. The van der Waals surface area contributed by atoms with Crippen LogP contribution in [-0.2, 0) is 0 Å². The van der Waals surface area contributed by atoms with E-state index in [0.717, 1.165) is 18.3 Å². The van der Waals surface area contributed by atoms with Crippen molar-refractivity contribution in [1.29, 1.82) is 0 Å². The number of hydrogen-bond acceptors (Lipinski definition) is 2. The van der Waals surface area contributed by atoms with Gasteiger partial charge in [-0.3, -0.25) is 4.99 Å². The zero-order chi connectivity index (χ0) is 11.9. The predicted octanol–water partition coefficient (Wildman–Crippen LogP) is 1.39. The van der Waals surface area contributed by atoms with Crippen LogP contribution in [0.3, 0.4) is 0 Å². The minimum absolute atomic E-state index is 0.622. The maximum absolute atomic E-state index is 5.58. The van der Waals surface area contributed by atoms with E-state index in [-0.39, 0.29) is 0 Å². The second-order valence-corrected chi connectivity index (χ2v) is 4.08. The lowest BCUT2D eigenvalue weighted by Gasteiger charge is -2.11. The van der Waals surface area contributed by atoms with Crippen molar-refractivity contribution in [3.63, 3.8) is 0 Å². The lowest BCUT2D eigenvalue weighted by molar-refractivity contribution is 0.322. The van der Waals surface area contributed by atoms with Gasteiger partial charge in [0.25, 0.3) is 0 Å². The Balaban J connectivity index is 1.61. The van der Waals surface area contributed by atoms with Crippen LogP contribution in [0.25, 0.3) is 0 Å². The summed E-state index contributed by atoms with van der Waals surface area (Å²) in [6, 6.07) is 10.4. The molecule has 0 amide bonds. The minimum atomic E-state index is 0.622. The lowest BCUT2D eigenvalue weighted by atomic mass is 10.3. The lowest BCUT2D eigenvalue weighted by Crippen LogP contribution is -2.40. The van der Waals surface area contributed by atoms with Crippen molar-refractivity contribution in [2.24, 2.45) is 4.99 Å². The molecule has 4 nitrogen and oxygen atoms in total. The maximum Gasteiger partial charge on any atom is 0.191 e. The van der Waals surface area contributed by atoms with Crippen molar-refractivity contribution < 1.29 is 4.74 Å². The van der Waals surface area contributed by atoms with Gasteiger partial charge < -0.3 is 15.4 Å². The second kappa shape index (κ2) is 6.13. The Kier molecular flexibility index (Phi) is 4.24. The van der Waals surface area contributed by atoms with Crippen LogP contribution in [0.1, 0.15) is 12.8 Å². The zero-order valence-corrected chi connectivity index (χ0v) is 10.1. The van der Waals surface area contributed by atoms with Gasteiger partial charge >= 0.3 is 0 Å². The molecule has 1 aromatic rings. The van der Waals surface area contributed by atoms with Crippen molar-refractivity contribution in [1.82, 2.24) is 10.6 Å². The van der Waals surface area contributed by atoms with Gasteiger partial charge in [0, 0.05) is 13.1 Å². The second-order valence-electron chi connectivity index (χ2n) is 4.08. The molecule has 17 heavy (non-hydrogen) atoms. The summed E-state index contributed by atoms with van der Waals surface area (Å²) in [5.41, 5.74) is 0. The van der Waals surface area contributed by atoms with Crippen LogP contribution in [0.15, 0.2) is 35.3 Å². The first kappa shape index (κ1) is 11.8. The van der Waals surface area contributed by atoms with E-state index in [0.29, 0.717) is 12.6 Å². The average molecular weight is 233 g/mol. The van der Waals surface area contributed by atoms with Crippen molar-refractivity contribution in [3.8, 4) is 5.75 Å². The number of aliphatic imine (C=N–C) groups is 1. The summed E-state index contributed by atoms with van der Waals surface area (Å²) in [5, 5.41) is 6.55. The summed E-state index contributed by atoms with van der Waals surface area (Å²) < 4.78 is 5.58. The van der Waals surface area contributed by atoms with E-state index in [4.69, 9.17) is 4.74 Å². The zero-order valence-electron chi connectivity index (χ0n) is 10.1. The van der Waals surface area contributed by atoms with Crippen LogP contribution in [0, 0.1) is 0 Å². The van der Waals surface area contributed by atoms with E-state index >= 15 is 0 Å². The Morgan fingerprint density at radius 2 is 2.12 bits per heavy atom. The molecule has 0 spiro atoms. The quantitative estimate of drug-likeness (QED) is 0.459. The van der Waals surface area contributed by atoms with E-state index in [1.807, 2.05) is 30.3 Å². The number of ether oxygens (including phenoxy) is 1. The van der Waals surface area contributed by atoms with Gasteiger partial charge in [0.05, 0.1) is 6.54 Å². The van der Waals surface area contributed by atoms with E-state index in [2.05, 4.69) is 15.6 Å². The van der Waals surface area contributed by atoms with Crippen LogP contribution in [0.2, 0.25) is 0 Å². The van der Waals surface area contributed by atoms with E-state index in [9.17, 15) is 0 Å². The molecule has 1 aliphatic rings. The van der Waals surface area contributed by atoms with Gasteiger partial charge in [0.1, 0.15) is 12.4 Å². The molecule has 0 heterocycles. The largest absolute Gasteiger partial charge is 0.492 e. The van der Waals surface area contributed by atoms with Crippen LogP contribution < -0.4 is 15.4 Å². The smallest absolute Gasteiger partial charge is 0.191 e. The summed E-state index contributed by atoms with van der Waals surface area (Å²) in [7, 11) is 1.79. The van der Waals surface area contributed by atoms with Gasteiger partial charge in [-0.1, -0.05) is 18.2 Å². The fourth-order valence-electron chi connectivity index (χ4n) is 1.47. The normalized spacial score (nSPS) is 15.5. The molecule has 0 bridgehead atoms. The molecule has 0 radical (unpaired) electrons. The molecule has 0 atom stereocenters. The van der Waals surface area contributed by atoms with Gasteiger partial charge in [0.15, 0.2) is 5.96 Å². The SMILES string of the molecule is CN=C(NCCOc1ccccc1)NC1CC1. The summed E-state index contributed by atoms with van der Waals surface area (Å²) in [5.74, 6) is 1.77. The molecule has 0 saturated heterocycles. The molecule has 2 rings (SSSR count). The molecule has 2 N–H and O–H groups in total. The molecule has 92 valence electrons. The number of nitrogens with zero attached hydrogens (tertiary/aromatic N) is 1.